The molecular formula is C10H16N2O4. The maximum absolute atomic E-state index is 11.2. The number of hydrogen-bond acceptors (Lipinski definition) is 4. The van der Waals surface area contributed by atoms with E-state index >= 15 is 0 Å². The number of aromatic nitrogens is 2. The fourth-order valence-electron chi connectivity index (χ4n) is 1.16. The third-order valence-electron chi connectivity index (χ3n) is 2.32. The minimum Gasteiger partial charge on any atom is -0.396 e. The standard InChI is InChI=1S/C10H16N2O4/c1-2-8(5-13)6-16-7-12-4-3-9(14)11-10(12)15/h3-4,8,13H,2,5-7H2,1H3,(H,11,14,15)/t8-/m1/s1. The van der Waals surface area contributed by atoms with Crippen molar-refractivity contribution in [2.75, 3.05) is 13.2 Å². The largest absolute Gasteiger partial charge is 0.396 e. The van der Waals surface area contributed by atoms with E-state index < -0.39 is 11.2 Å². The zero-order valence-corrected chi connectivity index (χ0v) is 9.18. The second-order valence-electron chi connectivity index (χ2n) is 3.54. The molecule has 0 spiro atoms. The Hall–Kier alpha value is -1.40. The Bertz CT molecular complexity index is 419. The van der Waals surface area contributed by atoms with Crippen molar-refractivity contribution in [1.82, 2.24) is 9.55 Å². The summed E-state index contributed by atoms with van der Waals surface area (Å²) in [5.74, 6) is 0.0819. The number of nitrogens with one attached hydrogen (secondary N) is 1. The van der Waals surface area contributed by atoms with Crippen LogP contribution in [0.3, 0.4) is 0 Å². The highest BCUT2D eigenvalue weighted by atomic mass is 16.5. The van der Waals surface area contributed by atoms with Gasteiger partial charge in [0.25, 0.3) is 5.56 Å². The number of H-pyrrole nitrogens is 1. The van der Waals surface area contributed by atoms with Crippen molar-refractivity contribution in [1.29, 1.82) is 0 Å². The molecule has 1 aromatic heterocycles. The minimum absolute atomic E-state index is 0.0665. The first-order chi connectivity index (χ1) is 7.67. The smallest absolute Gasteiger partial charge is 0.330 e. The van der Waals surface area contributed by atoms with Crippen molar-refractivity contribution in [3.63, 3.8) is 0 Å². The molecule has 0 aliphatic rings. The number of rotatable bonds is 6. The lowest BCUT2D eigenvalue weighted by molar-refractivity contribution is 0.0296. The number of nitrogens with zero attached hydrogens (tertiary/aromatic N) is 1. The van der Waals surface area contributed by atoms with Gasteiger partial charge in [-0.3, -0.25) is 14.3 Å². The van der Waals surface area contributed by atoms with Gasteiger partial charge in [-0.25, -0.2) is 4.79 Å². The summed E-state index contributed by atoms with van der Waals surface area (Å²) in [6.45, 7) is 2.48. The van der Waals surface area contributed by atoms with E-state index in [0.717, 1.165) is 6.42 Å². The van der Waals surface area contributed by atoms with Crippen LogP contribution in [0.25, 0.3) is 0 Å². The van der Waals surface area contributed by atoms with Gasteiger partial charge in [-0.1, -0.05) is 6.92 Å². The van der Waals surface area contributed by atoms with Crippen molar-refractivity contribution in [2.45, 2.75) is 20.1 Å². The summed E-state index contributed by atoms with van der Waals surface area (Å²) in [6.07, 6.45) is 2.19. The SMILES string of the molecule is CC[C@H](CO)COCn1ccc(=O)[nH]c1=O. The van der Waals surface area contributed by atoms with E-state index in [1.165, 1.54) is 16.8 Å². The highest BCUT2D eigenvalue weighted by Gasteiger charge is 2.04. The molecule has 1 aromatic rings. The quantitative estimate of drug-likeness (QED) is 0.689. The maximum Gasteiger partial charge on any atom is 0.330 e. The van der Waals surface area contributed by atoms with Crippen LogP contribution >= 0.6 is 0 Å². The molecular weight excluding hydrogens is 212 g/mol. The van der Waals surface area contributed by atoms with E-state index in [1.807, 2.05) is 6.92 Å². The van der Waals surface area contributed by atoms with Crippen LogP contribution in [-0.2, 0) is 11.5 Å². The highest BCUT2D eigenvalue weighted by molar-refractivity contribution is 4.81. The van der Waals surface area contributed by atoms with Gasteiger partial charge in [0.15, 0.2) is 0 Å². The number of hydrogen-bond donors (Lipinski definition) is 2. The van der Waals surface area contributed by atoms with Gasteiger partial charge in [0.2, 0.25) is 0 Å². The van der Waals surface area contributed by atoms with E-state index in [2.05, 4.69) is 4.98 Å². The predicted octanol–water partition coefficient (Wildman–Crippen LogP) is -0.471. The topological polar surface area (TPSA) is 84.3 Å². The molecule has 6 heteroatoms. The first-order valence-electron chi connectivity index (χ1n) is 5.15. The number of aromatic amines is 1. The van der Waals surface area contributed by atoms with Gasteiger partial charge in [-0.05, 0) is 6.42 Å². The Morgan fingerprint density at radius 2 is 2.31 bits per heavy atom. The van der Waals surface area contributed by atoms with Gasteiger partial charge in [0, 0.05) is 24.8 Å². The lowest BCUT2D eigenvalue weighted by atomic mass is 10.1. The second kappa shape index (κ2) is 6.24. The van der Waals surface area contributed by atoms with Crippen molar-refractivity contribution < 1.29 is 9.84 Å². The molecule has 0 radical (unpaired) electrons. The Labute approximate surface area is 92.5 Å². The van der Waals surface area contributed by atoms with Crippen LogP contribution in [0.15, 0.2) is 21.9 Å². The minimum atomic E-state index is -0.496. The van der Waals surface area contributed by atoms with Crippen LogP contribution in [-0.4, -0.2) is 27.9 Å². The Balaban J connectivity index is 2.49. The summed E-state index contributed by atoms with van der Waals surface area (Å²) in [5.41, 5.74) is -0.924. The van der Waals surface area contributed by atoms with Gasteiger partial charge in [0.1, 0.15) is 6.73 Å². The molecule has 16 heavy (non-hydrogen) atoms. The fraction of sp³-hybridized carbons (Fsp3) is 0.600. The zero-order chi connectivity index (χ0) is 12.0. The third-order valence-corrected chi connectivity index (χ3v) is 2.32. The molecule has 0 fully saturated rings. The molecule has 0 aromatic carbocycles. The zero-order valence-electron chi connectivity index (χ0n) is 9.18. The van der Waals surface area contributed by atoms with E-state index in [0.29, 0.717) is 6.61 Å². The normalized spacial score (nSPS) is 12.6. The average molecular weight is 228 g/mol. The van der Waals surface area contributed by atoms with Gasteiger partial charge < -0.3 is 9.84 Å². The molecule has 1 heterocycles. The van der Waals surface area contributed by atoms with E-state index in [9.17, 15) is 9.59 Å². The number of aliphatic hydroxyl groups is 1. The molecule has 0 saturated heterocycles. The molecule has 1 atom stereocenters. The average Bonchev–Trinajstić information content (AvgIpc) is 2.27. The van der Waals surface area contributed by atoms with Gasteiger partial charge >= 0.3 is 5.69 Å². The summed E-state index contributed by atoms with van der Waals surface area (Å²) in [6, 6.07) is 1.26. The van der Waals surface area contributed by atoms with E-state index in [-0.39, 0.29) is 19.3 Å². The monoisotopic (exact) mass is 228 g/mol. The molecule has 2 N–H and O–H groups in total. The van der Waals surface area contributed by atoms with Crippen molar-refractivity contribution in [3.8, 4) is 0 Å². The Morgan fingerprint density at radius 3 is 2.88 bits per heavy atom. The van der Waals surface area contributed by atoms with Crippen molar-refractivity contribution >= 4 is 0 Å². The summed E-state index contributed by atoms with van der Waals surface area (Å²) < 4.78 is 6.52. The third kappa shape index (κ3) is 3.63. The lowest BCUT2D eigenvalue weighted by Gasteiger charge is -2.12. The van der Waals surface area contributed by atoms with Gasteiger partial charge in [0.05, 0.1) is 6.61 Å². The van der Waals surface area contributed by atoms with Crippen LogP contribution in [0.2, 0.25) is 0 Å². The molecule has 0 aliphatic heterocycles. The molecule has 0 saturated carbocycles. The Morgan fingerprint density at radius 1 is 1.56 bits per heavy atom. The predicted molar refractivity (Wildman–Crippen MR) is 58.1 cm³/mol. The first kappa shape index (κ1) is 12.7. The first-order valence-corrected chi connectivity index (χ1v) is 5.15. The van der Waals surface area contributed by atoms with Crippen LogP contribution < -0.4 is 11.2 Å². The van der Waals surface area contributed by atoms with Crippen molar-refractivity contribution in [3.05, 3.63) is 33.1 Å². The lowest BCUT2D eigenvalue weighted by Crippen LogP contribution is -2.29. The van der Waals surface area contributed by atoms with Crippen LogP contribution in [0, 0.1) is 5.92 Å². The summed E-state index contributed by atoms with van der Waals surface area (Å²) >= 11 is 0. The molecule has 0 amide bonds. The maximum atomic E-state index is 11.2. The molecule has 0 bridgehead atoms. The van der Waals surface area contributed by atoms with E-state index in [4.69, 9.17) is 9.84 Å². The Kier molecular flexibility index (Phi) is 4.94. The van der Waals surface area contributed by atoms with E-state index in [1.54, 1.807) is 0 Å². The second-order valence-corrected chi connectivity index (χ2v) is 3.54. The summed E-state index contributed by atoms with van der Waals surface area (Å²) in [5, 5.41) is 8.92. The van der Waals surface area contributed by atoms with Crippen LogP contribution in [0.5, 0.6) is 0 Å². The summed E-state index contributed by atoms with van der Waals surface area (Å²) in [7, 11) is 0. The van der Waals surface area contributed by atoms with Crippen LogP contribution in [0.4, 0.5) is 0 Å². The van der Waals surface area contributed by atoms with Crippen molar-refractivity contribution in [2.24, 2.45) is 5.92 Å². The molecule has 0 unspecified atom stereocenters. The number of aliphatic hydroxyl groups excluding tert-OH is 1. The molecule has 0 aliphatic carbocycles. The van der Waals surface area contributed by atoms with Gasteiger partial charge in [-0.15, -0.1) is 0 Å². The number of ether oxygens (including phenoxy) is 1. The highest BCUT2D eigenvalue weighted by Crippen LogP contribution is 2.01. The summed E-state index contributed by atoms with van der Waals surface area (Å²) in [4.78, 5) is 24.1. The fourth-order valence-corrected chi connectivity index (χ4v) is 1.16. The molecule has 1 rings (SSSR count). The van der Waals surface area contributed by atoms with Crippen LogP contribution in [0.1, 0.15) is 13.3 Å². The molecule has 90 valence electrons. The van der Waals surface area contributed by atoms with Gasteiger partial charge in [-0.2, -0.15) is 0 Å². The molecule has 6 nitrogen and oxygen atoms in total.